The van der Waals surface area contributed by atoms with Gasteiger partial charge < -0.3 is 10.1 Å². The lowest BCUT2D eigenvalue weighted by molar-refractivity contribution is 0.415. The molecule has 23 heavy (non-hydrogen) atoms. The highest BCUT2D eigenvalue weighted by molar-refractivity contribution is 5.58. The molecule has 0 bridgehead atoms. The number of aryl methyl sites for hydroxylation is 3. The number of ether oxygens (including phenoxy) is 1. The highest BCUT2D eigenvalue weighted by Crippen LogP contribution is 2.21. The Morgan fingerprint density at radius 1 is 1.00 bits per heavy atom. The van der Waals surface area contributed by atoms with Gasteiger partial charge in [-0.05, 0) is 39.0 Å². The molecular weight excluding hydrogens is 290 g/mol. The molecule has 3 aromatic rings. The minimum Gasteiger partial charge on any atom is -0.497 e. The largest absolute Gasteiger partial charge is 0.497 e. The molecule has 1 N–H and O–H groups in total. The van der Waals surface area contributed by atoms with E-state index in [-0.39, 0.29) is 0 Å². The molecule has 6 nitrogen and oxygen atoms in total. The first kappa shape index (κ1) is 15.0. The summed E-state index contributed by atoms with van der Waals surface area (Å²) in [4.78, 5) is 9.04. The Bertz CT molecular complexity index is 841. The molecule has 0 radical (unpaired) electrons. The van der Waals surface area contributed by atoms with E-state index in [1.807, 2.05) is 57.2 Å². The smallest absolute Gasteiger partial charge is 0.252 e. The summed E-state index contributed by atoms with van der Waals surface area (Å²) in [6.45, 7) is 5.88. The van der Waals surface area contributed by atoms with Crippen molar-refractivity contribution in [2.24, 2.45) is 0 Å². The lowest BCUT2D eigenvalue weighted by Crippen LogP contribution is -2.08. The molecule has 0 atom stereocenters. The monoisotopic (exact) mass is 309 g/mol. The van der Waals surface area contributed by atoms with E-state index in [0.717, 1.165) is 28.5 Å². The van der Waals surface area contributed by atoms with Gasteiger partial charge in [0.2, 0.25) is 0 Å². The summed E-state index contributed by atoms with van der Waals surface area (Å²) in [6.07, 6.45) is 0. The van der Waals surface area contributed by atoms with Crippen LogP contribution in [0.4, 0.5) is 11.5 Å². The van der Waals surface area contributed by atoms with E-state index in [9.17, 15) is 0 Å². The van der Waals surface area contributed by atoms with Crippen LogP contribution < -0.4 is 10.1 Å². The van der Waals surface area contributed by atoms with Gasteiger partial charge in [-0.3, -0.25) is 0 Å². The fraction of sp³-hybridized carbons (Fsp3) is 0.235. The fourth-order valence-electron chi connectivity index (χ4n) is 2.39. The van der Waals surface area contributed by atoms with Gasteiger partial charge in [-0.1, -0.05) is 6.07 Å². The molecular formula is C17H19N5O. The van der Waals surface area contributed by atoms with E-state index in [1.54, 1.807) is 11.8 Å². The summed E-state index contributed by atoms with van der Waals surface area (Å²) in [6, 6.07) is 11.6. The number of nitrogens with zero attached hydrogens (tertiary/aromatic N) is 4. The van der Waals surface area contributed by atoms with Crippen LogP contribution in [0.2, 0.25) is 0 Å². The molecule has 0 amide bonds. The number of nitrogens with one attached hydrogen (secondary N) is 1. The predicted octanol–water partition coefficient (Wildman–Crippen LogP) is 3.34. The van der Waals surface area contributed by atoms with Gasteiger partial charge in [-0.2, -0.15) is 10.1 Å². The molecule has 2 aromatic heterocycles. The summed E-state index contributed by atoms with van der Waals surface area (Å²) < 4.78 is 6.99. The van der Waals surface area contributed by atoms with Crippen molar-refractivity contribution in [2.45, 2.75) is 20.8 Å². The second kappa shape index (κ2) is 6.08. The Balaban J connectivity index is 1.95. The van der Waals surface area contributed by atoms with E-state index < -0.39 is 0 Å². The first-order chi connectivity index (χ1) is 11.0. The molecule has 0 unspecified atom stereocenters. The van der Waals surface area contributed by atoms with E-state index in [2.05, 4.69) is 20.4 Å². The Morgan fingerprint density at radius 3 is 2.52 bits per heavy atom. The molecule has 3 rings (SSSR count). The number of rotatable bonds is 4. The third kappa shape index (κ3) is 3.31. The average Bonchev–Trinajstić information content (AvgIpc) is 2.85. The van der Waals surface area contributed by atoms with E-state index in [0.29, 0.717) is 11.8 Å². The quantitative estimate of drug-likeness (QED) is 0.800. The Labute approximate surface area is 135 Å². The molecule has 0 saturated heterocycles. The van der Waals surface area contributed by atoms with Gasteiger partial charge in [-0.15, -0.1) is 0 Å². The highest BCUT2D eigenvalue weighted by Gasteiger charge is 2.09. The molecule has 0 spiro atoms. The fourth-order valence-corrected chi connectivity index (χ4v) is 2.39. The van der Waals surface area contributed by atoms with Crippen molar-refractivity contribution in [3.05, 3.63) is 53.5 Å². The maximum atomic E-state index is 5.24. The zero-order valence-corrected chi connectivity index (χ0v) is 13.7. The molecule has 118 valence electrons. The lowest BCUT2D eigenvalue weighted by atomic mass is 10.3. The molecule has 2 heterocycles. The van der Waals surface area contributed by atoms with Crippen molar-refractivity contribution in [3.63, 3.8) is 0 Å². The highest BCUT2D eigenvalue weighted by atomic mass is 16.5. The summed E-state index contributed by atoms with van der Waals surface area (Å²) in [5, 5.41) is 7.72. The topological polar surface area (TPSA) is 64.9 Å². The van der Waals surface area contributed by atoms with Crippen LogP contribution in [0.1, 0.15) is 17.1 Å². The summed E-state index contributed by atoms with van der Waals surface area (Å²) >= 11 is 0. The second-order valence-electron chi connectivity index (χ2n) is 5.39. The van der Waals surface area contributed by atoms with Crippen molar-refractivity contribution < 1.29 is 4.74 Å². The molecule has 0 aliphatic rings. The van der Waals surface area contributed by atoms with Crippen LogP contribution in [-0.2, 0) is 0 Å². The minimum atomic E-state index is 0.556. The van der Waals surface area contributed by atoms with E-state index >= 15 is 0 Å². The third-order valence-corrected chi connectivity index (χ3v) is 3.38. The van der Waals surface area contributed by atoms with Gasteiger partial charge in [0.15, 0.2) is 0 Å². The summed E-state index contributed by atoms with van der Waals surface area (Å²) in [5.74, 6) is 2.06. The van der Waals surface area contributed by atoms with Crippen LogP contribution in [0.3, 0.4) is 0 Å². The third-order valence-electron chi connectivity index (χ3n) is 3.38. The molecule has 1 aromatic carbocycles. The summed E-state index contributed by atoms with van der Waals surface area (Å²) in [7, 11) is 1.65. The van der Waals surface area contributed by atoms with Crippen molar-refractivity contribution in [2.75, 3.05) is 12.4 Å². The maximum Gasteiger partial charge on any atom is 0.252 e. The van der Waals surface area contributed by atoms with Gasteiger partial charge in [0.25, 0.3) is 5.95 Å². The Hall–Kier alpha value is -2.89. The molecule has 6 heteroatoms. The van der Waals surface area contributed by atoms with Crippen LogP contribution in [0.25, 0.3) is 5.95 Å². The number of anilines is 2. The van der Waals surface area contributed by atoms with Crippen LogP contribution in [0.15, 0.2) is 36.4 Å². The SMILES string of the molecule is COc1cccc(Nc2cc(C)nc(-n3nc(C)cc3C)n2)c1. The standard InChI is InChI=1S/C17H19N5O/c1-11-9-16(19-14-6-5-7-15(10-14)23-4)20-17(18-11)22-13(3)8-12(2)21-22/h5-10H,1-4H3,(H,18,19,20). The minimum absolute atomic E-state index is 0.556. The number of hydrogen-bond acceptors (Lipinski definition) is 5. The second-order valence-corrected chi connectivity index (χ2v) is 5.39. The first-order valence-electron chi connectivity index (χ1n) is 7.35. The van der Waals surface area contributed by atoms with E-state index in [1.165, 1.54) is 0 Å². The van der Waals surface area contributed by atoms with Crippen LogP contribution in [0, 0.1) is 20.8 Å². The molecule has 0 saturated carbocycles. The normalized spacial score (nSPS) is 10.6. The van der Waals surface area contributed by atoms with Gasteiger partial charge in [0.1, 0.15) is 11.6 Å². The van der Waals surface area contributed by atoms with Crippen molar-refractivity contribution in [3.8, 4) is 11.7 Å². The van der Waals surface area contributed by atoms with Crippen molar-refractivity contribution in [1.82, 2.24) is 19.7 Å². The molecule has 0 fully saturated rings. The number of benzene rings is 1. The zero-order chi connectivity index (χ0) is 16.4. The van der Waals surface area contributed by atoms with Crippen molar-refractivity contribution in [1.29, 1.82) is 0 Å². The Morgan fingerprint density at radius 2 is 1.83 bits per heavy atom. The molecule has 0 aliphatic heterocycles. The average molecular weight is 309 g/mol. The summed E-state index contributed by atoms with van der Waals surface area (Å²) in [5.41, 5.74) is 3.71. The lowest BCUT2D eigenvalue weighted by Gasteiger charge is -2.10. The van der Waals surface area contributed by atoms with E-state index in [4.69, 9.17) is 4.74 Å². The predicted molar refractivity (Wildman–Crippen MR) is 89.6 cm³/mol. The Kier molecular flexibility index (Phi) is 3.97. The van der Waals surface area contributed by atoms with Crippen molar-refractivity contribution >= 4 is 11.5 Å². The molecule has 0 aliphatic carbocycles. The van der Waals surface area contributed by atoms with Crippen LogP contribution in [0.5, 0.6) is 5.75 Å². The number of methoxy groups -OCH3 is 1. The first-order valence-corrected chi connectivity index (χ1v) is 7.35. The maximum absolute atomic E-state index is 5.24. The number of hydrogen-bond donors (Lipinski definition) is 1. The number of aromatic nitrogens is 4. The van der Waals surface area contributed by atoms with Gasteiger partial charge in [-0.25, -0.2) is 9.67 Å². The van der Waals surface area contributed by atoms with Gasteiger partial charge in [0, 0.05) is 29.2 Å². The van der Waals surface area contributed by atoms with Crippen LogP contribution >= 0.6 is 0 Å². The van der Waals surface area contributed by atoms with Gasteiger partial charge in [0.05, 0.1) is 12.8 Å². The van der Waals surface area contributed by atoms with Crippen LogP contribution in [-0.4, -0.2) is 26.9 Å². The zero-order valence-electron chi connectivity index (χ0n) is 13.7. The van der Waals surface area contributed by atoms with Gasteiger partial charge >= 0.3 is 0 Å².